The molecule has 1 aliphatic rings. The molecule has 1 saturated carbocycles. The van der Waals surface area contributed by atoms with Crippen molar-refractivity contribution in [3.8, 4) is 11.5 Å². The summed E-state index contributed by atoms with van der Waals surface area (Å²) in [4.78, 5) is 35.5. The quantitative estimate of drug-likeness (QED) is 0.409. The number of benzene rings is 1. The number of methoxy groups -OCH3 is 1. The molecule has 9 nitrogen and oxygen atoms in total. The van der Waals surface area contributed by atoms with Gasteiger partial charge in [0.05, 0.1) is 24.7 Å². The Morgan fingerprint density at radius 3 is 2.50 bits per heavy atom. The first kappa shape index (κ1) is 21.5. The molecule has 0 unspecified atom stereocenters. The number of nitro groups is 1. The molecule has 1 aromatic rings. The monoisotopic (exact) mass is 394 g/mol. The summed E-state index contributed by atoms with van der Waals surface area (Å²) in [6.45, 7) is 3.45. The Hall–Kier alpha value is -2.84. The van der Waals surface area contributed by atoms with Gasteiger partial charge in [-0.3, -0.25) is 14.9 Å². The highest BCUT2D eigenvalue weighted by molar-refractivity contribution is 5.96. The summed E-state index contributed by atoms with van der Waals surface area (Å²) in [5.74, 6) is -1.07. The number of rotatable bonds is 8. The number of esters is 1. The fourth-order valence-electron chi connectivity index (χ4n) is 3.13. The summed E-state index contributed by atoms with van der Waals surface area (Å²) < 4.78 is 15.6. The predicted octanol–water partition coefficient (Wildman–Crippen LogP) is 3.00. The van der Waals surface area contributed by atoms with E-state index in [4.69, 9.17) is 14.2 Å². The van der Waals surface area contributed by atoms with Crippen LogP contribution in [0.25, 0.3) is 0 Å². The van der Waals surface area contributed by atoms with Gasteiger partial charge in [0, 0.05) is 12.1 Å². The van der Waals surface area contributed by atoms with Crippen molar-refractivity contribution in [2.24, 2.45) is 0 Å². The maximum absolute atomic E-state index is 12.5. The van der Waals surface area contributed by atoms with Crippen LogP contribution in [0.15, 0.2) is 12.1 Å². The molecule has 1 aromatic carbocycles. The maximum Gasteiger partial charge on any atom is 0.346 e. The van der Waals surface area contributed by atoms with Crippen molar-refractivity contribution in [2.75, 3.05) is 13.7 Å². The molecule has 28 heavy (non-hydrogen) atoms. The normalized spacial score (nSPS) is 15.4. The first-order chi connectivity index (χ1) is 13.4. The summed E-state index contributed by atoms with van der Waals surface area (Å²) in [7, 11) is 1.34. The van der Waals surface area contributed by atoms with Crippen molar-refractivity contribution in [1.29, 1.82) is 0 Å². The number of nitrogens with zero attached hydrogens (tertiary/aromatic N) is 1. The standard InChI is InChI=1S/C19H26N2O7/c1-4-27-17-10-14(15(21(24)25)11-16(17)26-3)19(23)28-12(2)18(22)20-13-8-6-5-7-9-13/h10-13H,4-9H2,1-3H3,(H,20,22)/t12-/m1/s1. The number of carbonyl (C=O) groups excluding carboxylic acids is 2. The van der Waals surface area contributed by atoms with Gasteiger partial charge in [0.25, 0.3) is 11.6 Å². The number of nitrogens with one attached hydrogen (secondary N) is 1. The van der Waals surface area contributed by atoms with Crippen molar-refractivity contribution in [3.63, 3.8) is 0 Å². The van der Waals surface area contributed by atoms with Crippen LogP contribution in [0.2, 0.25) is 0 Å². The lowest BCUT2D eigenvalue weighted by Crippen LogP contribution is -2.42. The van der Waals surface area contributed by atoms with Gasteiger partial charge in [0.2, 0.25) is 0 Å². The number of hydrogen-bond acceptors (Lipinski definition) is 7. The molecule has 0 aromatic heterocycles. The summed E-state index contributed by atoms with van der Waals surface area (Å²) in [5, 5.41) is 14.2. The third kappa shape index (κ3) is 5.34. The molecule has 9 heteroatoms. The molecule has 2 rings (SSSR count). The second-order valence-corrected chi connectivity index (χ2v) is 6.60. The van der Waals surface area contributed by atoms with Gasteiger partial charge >= 0.3 is 5.97 Å². The maximum atomic E-state index is 12.5. The van der Waals surface area contributed by atoms with Crippen molar-refractivity contribution < 1.29 is 28.7 Å². The van der Waals surface area contributed by atoms with Gasteiger partial charge in [0.1, 0.15) is 5.56 Å². The molecule has 0 saturated heterocycles. The van der Waals surface area contributed by atoms with E-state index >= 15 is 0 Å². The van der Waals surface area contributed by atoms with Gasteiger partial charge in [0.15, 0.2) is 17.6 Å². The molecule has 1 fully saturated rings. The molecule has 0 spiro atoms. The van der Waals surface area contributed by atoms with Crippen LogP contribution in [0, 0.1) is 10.1 Å². The Morgan fingerprint density at radius 1 is 1.25 bits per heavy atom. The first-order valence-corrected chi connectivity index (χ1v) is 9.38. The number of nitro benzene ring substituents is 1. The molecular formula is C19H26N2O7. The Balaban J connectivity index is 2.15. The van der Waals surface area contributed by atoms with Crippen LogP contribution < -0.4 is 14.8 Å². The molecular weight excluding hydrogens is 368 g/mol. The first-order valence-electron chi connectivity index (χ1n) is 9.38. The molecule has 0 radical (unpaired) electrons. The van der Waals surface area contributed by atoms with Gasteiger partial charge in [-0.05, 0) is 26.7 Å². The van der Waals surface area contributed by atoms with Crippen molar-refractivity contribution >= 4 is 17.6 Å². The summed E-state index contributed by atoms with van der Waals surface area (Å²) in [6.07, 6.45) is 3.98. The Labute approximate surface area is 163 Å². The number of carbonyl (C=O) groups is 2. The zero-order valence-electron chi connectivity index (χ0n) is 16.4. The van der Waals surface area contributed by atoms with E-state index in [1.807, 2.05) is 0 Å². The molecule has 0 aliphatic heterocycles. The minimum atomic E-state index is -1.08. The van der Waals surface area contributed by atoms with Crippen molar-refractivity contribution in [3.05, 3.63) is 27.8 Å². The highest BCUT2D eigenvalue weighted by Crippen LogP contribution is 2.35. The highest BCUT2D eigenvalue weighted by Gasteiger charge is 2.29. The molecule has 1 N–H and O–H groups in total. The van der Waals surface area contributed by atoms with Gasteiger partial charge in [-0.25, -0.2) is 4.79 Å². The van der Waals surface area contributed by atoms with E-state index in [0.717, 1.165) is 38.2 Å². The predicted molar refractivity (Wildman–Crippen MR) is 101 cm³/mol. The van der Waals surface area contributed by atoms with Crippen LogP contribution in [0.1, 0.15) is 56.3 Å². The Kier molecular flexibility index (Phi) is 7.60. The number of amides is 1. The fraction of sp³-hybridized carbons (Fsp3) is 0.579. The molecule has 0 heterocycles. The van der Waals surface area contributed by atoms with E-state index in [1.165, 1.54) is 20.1 Å². The van der Waals surface area contributed by atoms with E-state index in [9.17, 15) is 19.7 Å². The van der Waals surface area contributed by atoms with Crippen LogP contribution in [0.5, 0.6) is 11.5 Å². The van der Waals surface area contributed by atoms with Gasteiger partial charge in [-0.2, -0.15) is 0 Å². The lowest BCUT2D eigenvalue weighted by atomic mass is 9.95. The topological polar surface area (TPSA) is 117 Å². The fourth-order valence-corrected chi connectivity index (χ4v) is 3.13. The van der Waals surface area contributed by atoms with Crippen LogP contribution in [0.3, 0.4) is 0 Å². The summed E-state index contributed by atoms with van der Waals surface area (Å²) >= 11 is 0. The van der Waals surface area contributed by atoms with Crippen LogP contribution >= 0.6 is 0 Å². The number of ether oxygens (including phenoxy) is 3. The molecule has 0 bridgehead atoms. The molecule has 154 valence electrons. The molecule has 1 aliphatic carbocycles. The van der Waals surface area contributed by atoms with E-state index in [-0.39, 0.29) is 29.7 Å². The smallest absolute Gasteiger partial charge is 0.346 e. The third-order valence-electron chi connectivity index (χ3n) is 4.60. The van der Waals surface area contributed by atoms with Crippen molar-refractivity contribution in [2.45, 2.75) is 58.1 Å². The zero-order valence-corrected chi connectivity index (χ0v) is 16.4. The van der Waals surface area contributed by atoms with Gasteiger partial charge in [-0.1, -0.05) is 19.3 Å². The van der Waals surface area contributed by atoms with E-state index in [0.29, 0.717) is 0 Å². The van der Waals surface area contributed by atoms with Crippen LogP contribution in [-0.2, 0) is 9.53 Å². The largest absolute Gasteiger partial charge is 0.493 e. The number of hydrogen-bond donors (Lipinski definition) is 1. The minimum Gasteiger partial charge on any atom is -0.493 e. The highest BCUT2D eigenvalue weighted by atomic mass is 16.6. The Bertz CT molecular complexity index is 729. The minimum absolute atomic E-state index is 0.0716. The zero-order chi connectivity index (χ0) is 20.7. The Morgan fingerprint density at radius 2 is 1.93 bits per heavy atom. The van der Waals surface area contributed by atoms with E-state index < -0.39 is 28.6 Å². The van der Waals surface area contributed by atoms with Crippen LogP contribution in [-0.4, -0.2) is 42.7 Å². The molecule has 1 atom stereocenters. The van der Waals surface area contributed by atoms with Crippen LogP contribution in [0.4, 0.5) is 5.69 Å². The lowest BCUT2D eigenvalue weighted by molar-refractivity contribution is -0.385. The second kappa shape index (κ2) is 9.91. The second-order valence-electron chi connectivity index (χ2n) is 6.60. The summed E-state index contributed by atoms with van der Waals surface area (Å²) in [6, 6.07) is 2.38. The van der Waals surface area contributed by atoms with Gasteiger partial charge in [-0.15, -0.1) is 0 Å². The average molecular weight is 394 g/mol. The molecule has 1 amide bonds. The third-order valence-corrected chi connectivity index (χ3v) is 4.60. The van der Waals surface area contributed by atoms with E-state index in [2.05, 4.69) is 5.32 Å². The SMILES string of the molecule is CCOc1cc(C(=O)O[C@H](C)C(=O)NC2CCCCC2)c([N+](=O)[O-])cc1OC. The van der Waals surface area contributed by atoms with Crippen molar-refractivity contribution in [1.82, 2.24) is 5.32 Å². The summed E-state index contributed by atoms with van der Waals surface area (Å²) in [5.41, 5.74) is -0.781. The average Bonchev–Trinajstić information content (AvgIpc) is 2.68. The van der Waals surface area contributed by atoms with Gasteiger partial charge < -0.3 is 19.5 Å². The lowest BCUT2D eigenvalue weighted by Gasteiger charge is -2.24. The van der Waals surface area contributed by atoms with E-state index in [1.54, 1.807) is 6.92 Å².